The van der Waals surface area contributed by atoms with E-state index in [1.54, 1.807) is 6.07 Å². The number of morpholine rings is 1. The van der Waals surface area contributed by atoms with Crippen molar-refractivity contribution in [2.45, 2.75) is 12.6 Å². The molecule has 1 unspecified atom stereocenters. The largest absolute Gasteiger partial charge is 0.374 e. The van der Waals surface area contributed by atoms with Gasteiger partial charge in [0.15, 0.2) is 0 Å². The lowest BCUT2D eigenvalue weighted by Crippen LogP contribution is -2.46. The molecule has 1 saturated heterocycles. The van der Waals surface area contributed by atoms with Crippen LogP contribution in [0.15, 0.2) is 29.1 Å². The number of rotatable bonds is 4. The molecule has 0 amide bonds. The van der Waals surface area contributed by atoms with Crippen molar-refractivity contribution in [1.82, 2.24) is 20.2 Å². The summed E-state index contributed by atoms with van der Waals surface area (Å²) < 4.78 is 5.68. The summed E-state index contributed by atoms with van der Waals surface area (Å²) in [4.78, 5) is 21.7. The molecule has 0 aliphatic carbocycles. The van der Waals surface area contributed by atoms with Gasteiger partial charge in [-0.1, -0.05) is 12.1 Å². The predicted molar refractivity (Wildman–Crippen MR) is 81.3 cm³/mol. The van der Waals surface area contributed by atoms with Crippen molar-refractivity contribution in [3.8, 4) is 0 Å². The van der Waals surface area contributed by atoms with Gasteiger partial charge in [-0.25, -0.2) is 4.98 Å². The van der Waals surface area contributed by atoms with Crippen molar-refractivity contribution in [1.29, 1.82) is 0 Å². The van der Waals surface area contributed by atoms with Crippen LogP contribution >= 0.6 is 0 Å². The first-order valence-electron chi connectivity index (χ1n) is 7.23. The van der Waals surface area contributed by atoms with E-state index in [0.29, 0.717) is 24.4 Å². The van der Waals surface area contributed by atoms with Crippen LogP contribution in [-0.4, -0.2) is 54.3 Å². The molecule has 112 valence electrons. The average molecular weight is 288 g/mol. The Bertz CT molecular complexity index is 668. The number of hydrogen-bond acceptors (Lipinski definition) is 5. The van der Waals surface area contributed by atoms with E-state index in [4.69, 9.17) is 4.74 Å². The first-order chi connectivity index (χ1) is 10.3. The van der Waals surface area contributed by atoms with Gasteiger partial charge in [0.2, 0.25) is 0 Å². The fourth-order valence-corrected chi connectivity index (χ4v) is 2.70. The van der Waals surface area contributed by atoms with E-state index >= 15 is 0 Å². The summed E-state index contributed by atoms with van der Waals surface area (Å²) in [6.45, 7) is 3.89. The Labute approximate surface area is 123 Å². The van der Waals surface area contributed by atoms with Crippen LogP contribution in [0.25, 0.3) is 10.9 Å². The topological polar surface area (TPSA) is 70.2 Å². The zero-order valence-electron chi connectivity index (χ0n) is 12.1. The average Bonchev–Trinajstić information content (AvgIpc) is 2.48. The third-order valence-corrected chi connectivity index (χ3v) is 3.69. The smallest absolute Gasteiger partial charge is 0.258 e. The molecule has 2 N–H and O–H groups in total. The van der Waals surface area contributed by atoms with Gasteiger partial charge in [0, 0.05) is 19.6 Å². The lowest BCUT2D eigenvalue weighted by Gasteiger charge is -2.32. The minimum atomic E-state index is -0.0735. The number of para-hydroxylation sites is 1. The third-order valence-electron chi connectivity index (χ3n) is 3.69. The fraction of sp³-hybridized carbons (Fsp3) is 0.467. The standard InChI is InChI=1S/C15H20N4O2/c1-16-8-11-9-19(6-7-21-11)10-14-17-13-5-3-2-4-12(13)15(20)18-14/h2-5,11,16H,6-10H2,1H3,(H,17,18,20). The van der Waals surface area contributed by atoms with Crippen LogP contribution in [0.5, 0.6) is 0 Å². The molecule has 0 saturated carbocycles. The van der Waals surface area contributed by atoms with E-state index in [9.17, 15) is 4.79 Å². The Balaban J connectivity index is 1.77. The number of ether oxygens (including phenoxy) is 1. The van der Waals surface area contributed by atoms with Gasteiger partial charge in [-0.05, 0) is 19.2 Å². The van der Waals surface area contributed by atoms with Crippen LogP contribution in [0, 0.1) is 0 Å². The minimum absolute atomic E-state index is 0.0735. The quantitative estimate of drug-likeness (QED) is 0.849. The van der Waals surface area contributed by atoms with Crippen molar-refractivity contribution in [2.75, 3.05) is 33.3 Å². The maximum absolute atomic E-state index is 12.1. The molecule has 1 aromatic heterocycles. The zero-order valence-corrected chi connectivity index (χ0v) is 12.1. The van der Waals surface area contributed by atoms with Crippen LogP contribution in [-0.2, 0) is 11.3 Å². The van der Waals surface area contributed by atoms with E-state index in [-0.39, 0.29) is 11.7 Å². The molecular formula is C15H20N4O2. The molecule has 6 heteroatoms. The number of aromatic nitrogens is 2. The molecule has 0 radical (unpaired) electrons. The van der Waals surface area contributed by atoms with Crippen molar-refractivity contribution in [3.63, 3.8) is 0 Å². The molecular weight excluding hydrogens is 268 g/mol. The number of hydrogen-bond donors (Lipinski definition) is 2. The van der Waals surface area contributed by atoms with E-state index in [1.807, 2.05) is 25.2 Å². The number of nitrogens with zero attached hydrogens (tertiary/aromatic N) is 2. The molecule has 2 aromatic rings. The van der Waals surface area contributed by atoms with Gasteiger partial charge in [0.1, 0.15) is 5.82 Å². The van der Waals surface area contributed by atoms with Crippen molar-refractivity contribution in [2.24, 2.45) is 0 Å². The van der Waals surface area contributed by atoms with Gasteiger partial charge >= 0.3 is 0 Å². The maximum atomic E-state index is 12.1. The first-order valence-corrected chi connectivity index (χ1v) is 7.23. The maximum Gasteiger partial charge on any atom is 0.258 e. The summed E-state index contributed by atoms with van der Waals surface area (Å²) in [5, 5.41) is 3.77. The summed E-state index contributed by atoms with van der Waals surface area (Å²) in [5.74, 6) is 0.712. The van der Waals surface area contributed by atoms with Gasteiger partial charge in [0.25, 0.3) is 5.56 Å². The minimum Gasteiger partial charge on any atom is -0.374 e. The lowest BCUT2D eigenvalue weighted by atomic mass is 10.2. The van der Waals surface area contributed by atoms with Crippen molar-refractivity contribution >= 4 is 10.9 Å². The highest BCUT2D eigenvalue weighted by molar-refractivity contribution is 5.77. The first kappa shape index (κ1) is 14.2. The molecule has 1 aliphatic rings. The Morgan fingerprint density at radius 1 is 1.48 bits per heavy atom. The van der Waals surface area contributed by atoms with Crippen LogP contribution in [0.4, 0.5) is 0 Å². The van der Waals surface area contributed by atoms with Gasteiger partial charge in [-0.3, -0.25) is 9.69 Å². The fourth-order valence-electron chi connectivity index (χ4n) is 2.70. The molecule has 0 bridgehead atoms. The van der Waals surface area contributed by atoms with Crippen LogP contribution in [0.1, 0.15) is 5.82 Å². The van der Waals surface area contributed by atoms with E-state index < -0.39 is 0 Å². The Morgan fingerprint density at radius 3 is 3.19 bits per heavy atom. The van der Waals surface area contributed by atoms with E-state index in [1.165, 1.54) is 0 Å². The highest BCUT2D eigenvalue weighted by Gasteiger charge is 2.20. The molecule has 0 spiro atoms. The molecule has 3 rings (SSSR count). The number of benzene rings is 1. The van der Waals surface area contributed by atoms with Crippen LogP contribution in [0.2, 0.25) is 0 Å². The summed E-state index contributed by atoms with van der Waals surface area (Å²) in [5.41, 5.74) is 0.673. The number of aromatic amines is 1. The second-order valence-electron chi connectivity index (χ2n) is 5.32. The van der Waals surface area contributed by atoms with Crippen LogP contribution < -0.4 is 10.9 Å². The SMILES string of the molecule is CNCC1CN(Cc2nc3ccccc3c(=O)[nH]2)CCO1. The number of likely N-dealkylation sites (N-methyl/N-ethyl adjacent to an activating group) is 1. The molecule has 1 atom stereocenters. The highest BCUT2D eigenvalue weighted by atomic mass is 16.5. The Morgan fingerprint density at radius 2 is 2.33 bits per heavy atom. The molecule has 1 aliphatic heterocycles. The summed E-state index contributed by atoms with van der Waals surface area (Å²) in [7, 11) is 1.92. The molecule has 21 heavy (non-hydrogen) atoms. The molecule has 1 fully saturated rings. The van der Waals surface area contributed by atoms with E-state index in [0.717, 1.165) is 25.2 Å². The van der Waals surface area contributed by atoms with Gasteiger partial charge in [-0.15, -0.1) is 0 Å². The molecule has 2 heterocycles. The number of fused-ring (bicyclic) bond motifs is 1. The molecule has 6 nitrogen and oxygen atoms in total. The second kappa shape index (κ2) is 6.34. The Hall–Kier alpha value is -1.76. The van der Waals surface area contributed by atoms with Gasteiger partial charge < -0.3 is 15.0 Å². The van der Waals surface area contributed by atoms with Gasteiger partial charge in [-0.2, -0.15) is 0 Å². The predicted octanol–water partition coefficient (Wildman–Crippen LogP) is 0.343. The van der Waals surface area contributed by atoms with Crippen LogP contribution in [0.3, 0.4) is 0 Å². The summed E-state index contributed by atoms with van der Waals surface area (Å²) >= 11 is 0. The summed E-state index contributed by atoms with van der Waals surface area (Å²) in [6.07, 6.45) is 0.191. The lowest BCUT2D eigenvalue weighted by molar-refractivity contribution is -0.0298. The normalized spacial score (nSPS) is 20.0. The number of H-pyrrole nitrogens is 1. The van der Waals surface area contributed by atoms with E-state index in [2.05, 4.69) is 20.2 Å². The molecule has 1 aromatic carbocycles. The third kappa shape index (κ3) is 3.29. The zero-order chi connectivity index (χ0) is 14.7. The van der Waals surface area contributed by atoms with Gasteiger partial charge in [0.05, 0.1) is 30.2 Å². The second-order valence-corrected chi connectivity index (χ2v) is 5.32. The highest BCUT2D eigenvalue weighted by Crippen LogP contribution is 2.10. The number of nitrogens with one attached hydrogen (secondary N) is 2. The summed E-state index contributed by atoms with van der Waals surface area (Å²) in [6, 6.07) is 7.42. The monoisotopic (exact) mass is 288 g/mol. The van der Waals surface area contributed by atoms with Crippen molar-refractivity contribution in [3.05, 3.63) is 40.4 Å². The van der Waals surface area contributed by atoms with Crippen molar-refractivity contribution < 1.29 is 4.74 Å². The Kier molecular flexibility index (Phi) is 4.28.